The van der Waals surface area contributed by atoms with Crippen molar-refractivity contribution >= 4 is 33.3 Å². The van der Waals surface area contributed by atoms with Gasteiger partial charge in [-0.3, -0.25) is 14.2 Å². The largest absolute Gasteiger partial charge is 0.493 e. The van der Waals surface area contributed by atoms with Crippen LogP contribution in [0, 0.1) is 6.92 Å². The number of nitrogens with one attached hydrogen (secondary N) is 1. The highest BCUT2D eigenvalue weighted by molar-refractivity contribution is 7.14. The van der Waals surface area contributed by atoms with Crippen molar-refractivity contribution in [1.29, 1.82) is 0 Å². The van der Waals surface area contributed by atoms with Crippen LogP contribution in [-0.4, -0.2) is 27.0 Å². The molecule has 1 aliphatic rings. The molecule has 3 heterocycles. The maximum atomic E-state index is 12.7. The Labute approximate surface area is 176 Å². The molecule has 8 heteroatoms. The lowest BCUT2D eigenvalue weighted by atomic mass is 10.1. The highest BCUT2D eigenvalue weighted by Crippen LogP contribution is 2.31. The molecule has 0 unspecified atom stereocenters. The van der Waals surface area contributed by atoms with E-state index in [1.54, 1.807) is 25.1 Å². The van der Waals surface area contributed by atoms with Crippen molar-refractivity contribution in [3.05, 3.63) is 69.6 Å². The fraction of sp³-hybridized carbons (Fsp3) is 0.182. The number of anilines is 1. The Morgan fingerprint density at radius 1 is 1.23 bits per heavy atom. The molecule has 0 bridgehead atoms. The summed E-state index contributed by atoms with van der Waals surface area (Å²) >= 11 is 1.35. The first-order chi connectivity index (χ1) is 14.6. The number of benzene rings is 2. The molecule has 150 valence electrons. The minimum absolute atomic E-state index is 0.117. The van der Waals surface area contributed by atoms with E-state index in [1.165, 1.54) is 21.5 Å². The van der Waals surface area contributed by atoms with Gasteiger partial charge in [0.15, 0.2) is 5.13 Å². The van der Waals surface area contributed by atoms with Gasteiger partial charge in [-0.05, 0) is 42.8 Å². The number of rotatable bonds is 4. The van der Waals surface area contributed by atoms with Crippen molar-refractivity contribution in [3.8, 4) is 17.0 Å². The predicted octanol–water partition coefficient (Wildman–Crippen LogP) is 3.40. The molecule has 4 aromatic rings. The van der Waals surface area contributed by atoms with Crippen LogP contribution in [0.3, 0.4) is 0 Å². The van der Waals surface area contributed by atoms with E-state index in [0.29, 0.717) is 28.5 Å². The molecule has 0 spiro atoms. The maximum Gasteiger partial charge on any atom is 0.261 e. The van der Waals surface area contributed by atoms with Gasteiger partial charge < -0.3 is 10.1 Å². The van der Waals surface area contributed by atoms with Crippen LogP contribution in [0.15, 0.2) is 52.6 Å². The fourth-order valence-electron chi connectivity index (χ4n) is 3.58. The number of ether oxygens (including phenoxy) is 1. The van der Waals surface area contributed by atoms with Gasteiger partial charge in [-0.2, -0.15) is 0 Å². The van der Waals surface area contributed by atoms with E-state index in [1.807, 2.05) is 23.6 Å². The van der Waals surface area contributed by atoms with Crippen molar-refractivity contribution in [2.45, 2.75) is 19.9 Å². The van der Waals surface area contributed by atoms with Crippen molar-refractivity contribution < 1.29 is 9.53 Å². The van der Waals surface area contributed by atoms with E-state index in [4.69, 9.17) is 4.74 Å². The number of fused-ring (bicyclic) bond motifs is 2. The molecular weight excluding hydrogens is 400 g/mol. The van der Waals surface area contributed by atoms with Crippen LogP contribution in [0.2, 0.25) is 0 Å². The third kappa shape index (κ3) is 3.35. The molecule has 2 aromatic heterocycles. The van der Waals surface area contributed by atoms with Gasteiger partial charge in [-0.1, -0.05) is 12.1 Å². The Hall–Kier alpha value is -3.52. The van der Waals surface area contributed by atoms with Crippen LogP contribution in [0.4, 0.5) is 5.13 Å². The molecular formula is C22H18N4O3S. The normalized spacial score (nSPS) is 12.6. The third-order valence-corrected chi connectivity index (χ3v) is 5.85. The van der Waals surface area contributed by atoms with Crippen LogP contribution in [0.25, 0.3) is 22.2 Å². The average molecular weight is 418 g/mol. The van der Waals surface area contributed by atoms with Crippen LogP contribution < -0.4 is 15.6 Å². The van der Waals surface area contributed by atoms with Gasteiger partial charge in [0, 0.05) is 17.4 Å². The lowest BCUT2D eigenvalue weighted by molar-refractivity contribution is -0.116. The van der Waals surface area contributed by atoms with Crippen molar-refractivity contribution in [1.82, 2.24) is 14.5 Å². The molecule has 5 rings (SSSR count). The van der Waals surface area contributed by atoms with Crippen molar-refractivity contribution in [2.75, 3.05) is 11.9 Å². The van der Waals surface area contributed by atoms with Crippen LogP contribution in [0.1, 0.15) is 11.4 Å². The summed E-state index contributed by atoms with van der Waals surface area (Å²) in [5.41, 5.74) is 3.35. The number of carbonyl (C=O) groups is 1. The topological polar surface area (TPSA) is 86.1 Å². The summed E-state index contributed by atoms with van der Waals surface area (Å²) in [5, 5.41) is 5.68. The molecule has 1 aliphatic heterocycles. The third-order valence-electron chi connectivity index (χ3n) is 5.09. The minimum atomic E-state index is -0.319. The summed E-state index contributed by atoms with van der Waals surface area (Å²) in [6.45, 7) is 2.31. The Morgan fingerprint density at radius 2 is 2.10 bits per heavy atom. The number of para-hydroxylation sites is 1. The zero-order valence-electron chi connectivity index (χ0n) is 16.2. The lowest BCUT2D eigenvalue weighted by Gasteiger charge is -2.10. The smallest absolute Gasteiger partial charge is 0.261 e. The van der Waals surface area contributed by atoms with Gasteiger partial charge in [0.1, 0.15) is 18.1 Å². The Morgan fingerprint density at radius 3 is 3.00 bits per heavy atom. The van der Waals surface area contributed by atoms with Crippen LogP contribution in [0.5, 0.6) is 5.75 Å². The molecule has 0 aliphatic carbocycles. The predicted molar refractivity (Wildman–Crippen MR) is 116 cm³/mol. The monoisotopic (exact) mass is 418 g/mol. The van der Waals surface area contributed by atoms with Gasteiger partial charge in [0.2, 0.25) is 5.91 Å². The number of thiazole rings is 1. The summed E-state index contributed by atoms with van der Waals surface area (Å²) in [5.74, 6) is 1.10. The molecule has 1 N–H and O–H groups in total. The molecule has 1 amide bonds. The molecule has 0 fully saturated rings. The van der Waals surface area contributed by atoms with E-state index >= 15 is 0 Å². The molecule has 0 saturated carbocycles. The average Bonchev–Trinajstić information content (AvgIpc) is 3.40. The zero-order valence-corrected chi connectivity index (χ0v) is 17.0. The number of aryl methyl sites for hydroxylation is 1. The quantitative estimate of drug-likeness (QED) is 0.549. The fourth-order valence-corrected chi connectivity index (χ4v) is 4.31. The summed E-state index contributed by atoms with van der Waals surface area (Å²) in [6, 6.07) is 13.1. The second kappa shape index (κ2) is 7.38. The van der Waals surface area contributed by atoms with E-state index in [9.17, 15) is 9.59 Å². The Kier molecular flexibility index (Phi) is 4.55. The number of aromatic nitrogens is 3. The second-order valence-corrected chi connectivity index (χ2v) is 7.93. The van der Waals surface area contributed by atoms with E-state index in [-0.39, 0.29) is 18.0 Å². The number of nitrogens with zero attached hydrogens (tertiary/aromatic N) is 3. The first-order valence-electron chi connectivity index (χ1n) is 9.56. The maximum absolute atomic E-state index is 12.7. The van der Waals surface area contributed by atoms with Crippen LogP contribution in [-0.2, 0) is 17.8 Å². The van der Waals surface area contributed by atoms with E-state index < -0.39 is 0 Å². The number of hydrogen-bond acceptors (Lipinski definition) is 6. The Bertz CT molecular complexity index is 1340. The first-order valence-corrected chi connectivity index (χ1v) is 10.4. The summed E-state index contributed by atoms with van der Waals surface area (Å²) in [6.07, 6.45) is 0.894. The summed E-state index contributed by atoms with van der Waals surface area (Å²) < 4.78 is 6.92. The standard InChI is InChI=1S/C22H18N4O3S/c1-13-23-17-5-3-2-4-16(17)21(28)26(13)11-20(27)25-22-24-18(12-30-22)14-6-7-19-15(10-14)8-9-29-19/h2-7,10,12H,8-9,11H2,1H3,(H,24,25,27). The number of carbonyl (C=O) groups excluding carboxylic acids is 1. The minimum Gasteiger partial charge on any atom is -0.493 e. The molecule has 0 atom stereocenters. The van der Waals surface area contributed by atoms with Gasteiger partial charge in [0.05, 0.1) is 23.2 Å². The Balaban J connectivity index is 1.35. The highest BCUT2D eigenvalue weighted by Gasteiger charge is 2.16. The SMILES string of the molecule is Cc1nc2ccccc2c(=O)n1CC(=O)Nc1nc(-c2ccc3c(c2)CCO3)cs1. The van der Waals surface area contributed by atoms with E-state index in [2.05, 4.69) is 21.4 Å². The van der Waals surface area contributed by atoms with Crippen molar-refractivity contribution in [3.63, 3.8) is 0 Å². The summed E-state index contributed by atoms with van der Waals surface area (Å²) in [7, 11) is 0. The molecule has 0 saturated heterocycles. The number of hydrogen-bond donors (Lipinski definition) is 1. The highest BCUT2D eigenvalue weighted by atomic mass is 32.1. The van der Waals surface area contributed by atoms with Gasteiger partial charge in [-0.25, -0.2) is 9.97 Å². The van der Waals surface area contributed by atoms with Crippen molar-refractivity contribution in [2.24, 2.45) is 0 Å². The number of amides is 1. The van der Waals surface area contributed by atoms with E-state index in [0.717, 1.165) is 23.4 Å². The molecule has 2 aromatic carbocycles. The van der Waals surface area contributed by atoms with Crippen LogP contribution >= 0.6 is 11.3 Å². The second-order valence-electron chi connectivity index (χ2n) is 7.07. The first kappa shape index (κ1) is 18.5. The van der Waals surface area contributed by atoms with Gasteiger partial charge in [0.25, 0.3) is 5.56 Å². The molecule has 7 nitrogen and oxygen atoms in total. The molecule has 0 radical (unpaired) electrons. The zero-order chi connectivity index (χ0) is 20.7. The van der Waals surface area contributed by atoms with Gasteiger partial charge >= 0.3 is 0 Å². The van der Waals surface area contributed by atoms with Gasteiger partial charge in [-0.15, -0.1) is 11.3 Å². The lowest BCUT2D eigenvalue weighted by Crippen LogP contribution is -2.30. The summed E-state index contributed by atoms with van der Waals surface area (Å²) in [4.78, 5) is 34.3. The molecule has 30 heavy (non-hydrogen) atoms.